The summed E-state index contributed by atoms with van der Waals surface area (Å²) in [5.41, 5.74) is -0.000459. The summed E-state index contributed by atoms with van der Waals surface area (Å²) in [6, 6.07) is 10.5. The maximum Gasteiger partial charge on any atom is 0.416 e. The summed E-state index contributed by atoms with van der Waals surface area (Å²) in [5.74, 6) is -1.21. The van der Waals surface area contributed by atoms with E-state index in [9.17, 15) is 28.2 Å². The molecule has 0 atom stereocenters. The monoisotopic (exact) mass is 335 g/mol. The zero-order chi connectivity index (χ0) is 17.5. The molecule has 3 aromatic rings. The summed E-state index contributed by atoms with van der Waals surface area (Å²) in [6.45, 7) is -0.0279. The molecule has 0 aliphatic rings. The summed E-state index contributed by atoms with van der Waals surface area (Å²) >= 11 is 0. The first kappa shape index (κ1) is 15.9. The number of aromatic carboxylic acids is 1. The average Bonchev–Trinajstić information content (AvgIpc) is 2.85. The van der Waals surface area contributed by atoms with Gasteiger partial charge in [-0.3, -0.25) is 0 Å². The van der Waals surface area contributed by atoms with E-state index in [0.29, 0.717) is 16.5 Å². The molecule has 7 heteroatoms. The molecule has 2 N–H and O–H groups in total. The molecular weight excluding hydrogens is 323 g/mol. The fourth-order valence-electron chi connectivity index (χ4n) is 2.63. The molecule has 0 fully saturated rings. The molecule has 24 heavy (non-hydrogen) atoms. The number of phenols is 1. The van der Waals surface area contributed by atoms with Crippen LogP contribution in [-0.4, -0.2) is 20.7 Å². The number of fused-ring (bicyclic) bond motifs is 1. The number of carboxylic acid groups (broad SMARTS) is 1. The normalized spacial score (nSPS) is 11.8. The maximum absolute atomic E-state index is 12.8. The van der Waals surface area contributed by atoms with E-state index in [2.05, 4.69) is 0 Å². The zero-order valence-electron chi connectivity index (χ0n) is 12.2. The molecule has 0 unspecified atom stereocenters. The van der Waals surface area contributed by atoms with Gasteiger partial charge in [0.25, 0.3) is 0 Å². The van der Waals surface area contributed by atoms with Crippen LogP contribution in [0.25, 0.3) is 10.9 Å². The lowest BCUT2D eigenvalue weighted by atomic mass is 10.1. The highest BCUT2D eigenvalue weighted by Crippen LogP contribution is 2.30. The standard InChI is InChI=1S/C17H12F3NO3/c18-17(19,20)12-3-1-2-10(6-12)9-21-14-5-4-13(22)7-11(14)8-15(21)16(23)24/h1-8,22H,9H2,(H,23,24). The molecule has 1 aromatic heterocycles. The summed E-state index contributed by atoms with van der Waals surface area (Å²) < 4.78 is 39.9. The van der Waals surface area contributed by atoms with E-state index in [1.807, 2.05) is 0 Å². The van der Waals surface area contributed by atoms with Gasteiger partial charge in [-0.05, 0) is 42.0 Å². The number of carboxylic acids is 1. The summed E-state index contributed by atoms with van der Waals surface area (Å²) in [6.07, 6.45) is -4.46. The molecule has 0 saturated carbocycles. The molecule has 0 amide bonds. The smallest absolute Gasteiger partial charge is 0.416 e. The van der Waals surface area contributed by atoms with E-state index in [4.69, 9.17) is 0 Å². The second kappa shape index (κ2) is 5.59. The Morgan fingerprint density at radius 3 is 2.50 bits per heavy atom. The first-order valence-electron chi connectivity index (χ1n) is 6.97. The highest BCUT2D eigenvalue weighted by molar-refractivity contribution is 5.95. The number of nitrogens with zero attached hydrogens (tertiary/aromatic N) is 1. The van der Waals surface area contributed by atoms with Crippen molar-refractivity contribution < 1.29 is 28.2 Å². The minimum atomic E-state index is -4.46. The van der Waals surface area contributed by atoms with Gasteiger partial charge in [-0.15, -0.1) is 0 Å². The van der Waals surface area contributed by atoms with E-state index in [0.717, 1.165) is 12.1 Å². The Hall–Kier alpha value is -2.96. The molecule has 0 saturated heterocycles. The number of hydrogen-bond donors (Lipinski definition) is 2. The van der Waals surface area contributed by atoms with Crippen molar-refractivity contribution >= 4 is 16.9 Å². The Bertz CT molecular complexity index is 928. The van der Waals surface area contributed by atoms with Crippen molar-refractivity contribution in [1.82, 2.24) is 4.57 Å². The van der Waals surface area contributed by atoms with Crippen LogP contribution in [0.4, 0.5) is 13.2 Å². The van der Waals surface area contributed by atoms with Crippen molar-refractivity contribution in [3.8, 4) is 5.75 Å². The number of aromatic nitrogens is 1. The van der Waals surface area contributed by atoms with Crippen molar-refractivity contribution in [1.29, 1.82) is 0 Å². The number of hydrogen-bond acceptors (Lipinski definition) is 2. The van der Waals surface area contributed by atoms with Gasteiger partial charge in [-0.2, -0.15) is 13.2 Å². The van der Waals surface area contributed by atoms with Gasteiger partial charge in [-0.25, -0.2) is 4.79 Å². The minimum Gasteiger partial charge on any atom is -0.508 e. The molecule has 124 valence electrons. The van der Waals surface area contributed by atoms with Gasteiger partial charge < -0.3 is 14.8 Å². The van der Waals surface area contributed by atoms with Crippen LogP contribution in [0.5, 0.6) is 5.75 Å². The fourth-order valence-corrected chi connectivity index (χ4v) is 2.63. The lowest BCUT2D eigenvalue weighted by Crippen LogP contribution is -2.10. The number of alkyl halides is 3. The first-order chi connectivity index (χ1) is 11.3. The molecule has 2 aromatic carbocycles. The number of carbonyl (C=O) groups is 1. The third-order valence-electron chi connectivity index (χ3n) is 3.70. The number of rotatable bonds is 3. The molecule has 4 nitrogen and oxygen atoms in total. The molecule has 0 spiro atoms. The number of benzene rings is 2. The first-order valence-corrected chi connectivity index (χ1v) is 6.97. The van der Waals surface area contributed by atoms with Crippen molar-refractivity contribution in [3.63, 3.8) is 0 Å². The zero-order valence-corrected chi connectivity index (χ0v) is 12.2. The summed E-state index contributed by atoms with van der Waals surface area (Å²) in [5, 5.41) is 19.3. The van der Waals surface area contributed by atoms with E-state index < -0.39 is 17.7 Å². The van der Waals surface area contributed by atoms with Crippen LogP contribution in [-0.2, 0) is 12.7 Å². The van der Waals surface area contributed by atoms with Crippen LogP contribution in [0.15, 0.2) is 48.5 Å². The minimum absolute atomic E-state index is 0.0179. The van der Waals surface area contributed by atoms with Gasteiger partial charge >= 0.3 is 12.1 Å². The summed E-state index contributed by atoms with van der Waals surface area (Å²) in [7, 11) is 0. The van der Waals surface area contributed by atoms with Crippen molar-refractivity contribution in [2.75, 3.05) is 0 Å². The van der Waals surface area contributed by atoms with Crippen molar-refractivity contribution in [2.45, 2.75) is 12.7 Å². The van der Waals surface area contributed by atoms with Gasteiger partial charge in [0.1, 0.15) is 11.4 Å². The highest BCUT2D eigenvalue weighted by Gasteiger charge is 2.30. The van der Waals surface area contributed by atoms with E-state index in [-0.39, 0.29) is 18.0 Å². The predicted molar refractivity (Wildman–Crippen MR) is 81.1 cm³/mol. The highest BCUT2D eigenvalue weighted by atomic mass is 19.4. The van der Waals surface area contributed by atoms with Gasteiger partial charge in [0.2, 0.25) is 0 Å². The van der Waals surface area contributed by atoms with Crippen LogP contribution in [0.3, 0.4) is 0 Å². The fraction of sp³-hybridized carbons (Fsp3) is 0.118. The SMILES string of the molecule is O=C(O)c1cc2cc(O)ccc2n1Cc1cccc(C(F)(F)F)c1. The largest absolute Gasteiger partial charge is 0.508 e. The lowest BCUT2D eigenvalue weighted by Gasteiger charge is -2.11. The number of phenolic OH excluding ortho intramolecular Hbond substituents is 1. The Kier molecular flexibility index (Phi) is 3.71. The molecule has 0 aliphatic heterocycles. The Morgan fingerprint density at radius 2 is 1.83 bits per heavy atom. The second-order valence-electron chi connectivity index (χ2n) is 5.36. The molecule has 3 rings (SSSR count). The van der Waals surface area contributed by atoms with Crippen molar-refractivity contribution in [2.24, 2.45) is 0 Å². The average molecular weight is 335 g/mol. The second-order valence-corrected chi connectivity index (χ2v) is 5.36. The van der Waals surface area contributed by atoms with Gasteiger partial charge in [0, 0.05) is 17.4 Å². The quantitative estimate of drug-likeness (QED) is 0.757. The topological polar surface area (TPSA) is 62.5 Å². The Balaban J connectivity index is 2.10. The lowest BCUT2D eigenvalue weighted by molar-refractivity contribution is -0.137. The van der Waals surface area contributed by atoms with Gasteiger partial charge in [0.15, 0.2) is 0 Å². The predicted octanol–water partition coefficient (Wildman–Crippen LogP) is 4.11. The van der Waals surface area contributed by atoms with Crippen LogP contribution < -0.4 is 0 Å². The van der Waals surface area contributed by atoms with Crippen molar-refractivity contribution in [3.05, 3.63) is 65.4 Å². The Labute approximate surface area is 134 Å². The molecule has 0 aliphatic carbocycles. The third kappa shape index (κ3) is 2.92. The summed E-state index contributed by atoms with van der Waals surface area (Å²) in [4.78, 5) is 11.4. The van der Waals surface area contributed by atoms with E-state index in [1.54, 1.807) is 0 Å². The number of aromatic hydroxyl groups is 1. The van der Waals surface area contributed by atoms with E-state index >= 15 is 0 Å². The van der Waals surface area contributed by atoms with Gasteiger partial charge in [0.05, 0.1) is 5.56 Å². The maximum atomic E-state index is 12.8. The third-order valence-corrected chi connectivity index (χ3v) is 3.70. The molecular formula is C17H12F3NO3. The van der Waals surface area contributed by atoms with Crippen LogP contribution >= 0.6 is 0 Å². The molecule has 0 radical (unpaired) electrons. The Morgan fingerprint density at radius 1 is 1.08 bits per heavy atom. The molecule has 1 heterocycles. The van der Waals surface area contributed by atoms with Crippen LogP contribution in [0.1, 0.15) is 21.6 Å². The van der Waals surface area contributed by atoms with E-state index in [1.165, 1.54) is 41.0 Å². The molecule has 0 bridgehead atoms. The van der Waals surface area contributed by atoms with Gasteiger partial charge in [-0.1, -0.05) is 12.1 Å². The van der Waals surface area contributed by atoms with Crippen LogP contribution in [0, 0.1) is 0 Å². The number of halogens is 3. The van der Waals surface area contributed by atoms with Crippen LogP contribution in [0.2, 0.25) is 0 Å².